The summed E-state index contributed by atoms with van der Waals surface area (Å²) in [5.41, 5.74) is 1.43. The molecule has 0 radical (unpaired) electrons. The average Bonchev–Trinajstić information content (AvgIpc) is 2.25. The molecule has 0 spiro atoms. The number of benzene rings is 1. The average molecular weight is 236 g/mol. The van der Waals surface area contributed by atoms with E-state index in [-0.39, 0.29) is 5.78 Å². The Kier molecular flexibility index (Phi) is 4.52. The van der Waals surface area contributed by atoms with Crippen molar-refractivity contribution in [3.8, 4) is 6.07 Å². The van der Waals surface area contributed by atoms with E-state index in [2.05, 4.69) is 6.07 Å². The van der Waals surface area contributed by atoms with Crippen LogP contribution in [0.2, 0.25) is 5.02 Å². The molecule has 16 heavy (non-hydrogen) atoms. The number of Topliss-reactive ketones (excluding diaryl/α,β-unsaturated/α-hetero) is 1. The van der Waals surface area contributed by atoms with Crippen molar-refractivity contribution in [3.63, 3.8) is 0 Å². The quantitative estimate of drug-likeness (QED) is 0.746. The fraction of sp³-hybridized carbons (Fsp3) is 0.385. The number of hydrogen-bond donors (Lipinski definition) is 0. The number of halogens is 1. The maximum atomic E-state index is 12.0. The molecule has 0 aliphatic heterocycles. The maximum Gasteiger partial charge on any atom is 0.180 e. The molecule has 3 heteroatoms. The Morgan fingerprint density at radius 1 is 1.56 bits per heavy atom. The molecule has 0 amide bonds. The van der Waals surface area contributed by atoms with Gasteiger partial charge in [-0.15, -0.1) is 0 Å². The van der Waals surface area contributed by atoms with Gasteiger partial charge in [0.2, 0.25) is 0 Å². The number of hydrogen-bond acceptors (Lipinski definition) is 2. The van der Waals surface area contributed by atoms with Gasteiger partial charge in [-0.3, -0.25) is 4.79 Å². The molecule has 1 rings (SSSR count). The van der Waals surface area contributed by atoms with Gasteiger partial charge in [0, 0.05) is 10.6 Å². The fourth-order valence-electron chi connectivity index (χ4n) is 1.63. The van der Waals surface area contributed by atoms with Crippen LogP contribution in [0.25, 0.3) is 0 Å². The van der Waals surface area contributed by atoms with E-state index >= 15 is 0 Å². The third-order valence-electron chi connectivity index (χ3n) is 2.50. The highest BCUT2D eigenvalue weighted by molar-refractivity contribution is 6.30. The van der Waals surface area contributed by atoms with Crippen LogP contribution in [0.5, 0.6) is 0 Å². The number of nitrogens with zero attached hydrogens (tertiary/aromatic N) is 1. The zero-order valence-electron chi connectivity index (χ0n) is 9.46. The summed E-state index contributed by atoms with van der Waals surface area (Å²) in [5.74, 6) is -0.636. The molecule has 2 nitrogen and oxygen atoms in total. The molecule has 1 unspecified atom stereocenters. The lowest BCUT2D eigenvalue weighted by Crippen LogP contribution is -2.14. The normalized spacial score (nSPS) is 11.9. The number of carbonyl (C=O) groups excluding carboxylic acids is 1. The second-order valence-corrected chi connectivity index (χ2v) is 4.23. The Balaban J connectivity index is 3.00. The van der Waals surface area contributed by atoms with Crippen molar-refractivity contribution in [1.29, 1.82) is 5.26 Å². The molecule has 1 aromatic rings. The molecule has 0 fully saturated rings. The van der Waals surface area contributed by atoms with Crippen molar-refractivity contribution in [2.45, 2.75) is 26.7 Å². The van der Waals surface area contributed by atoms with Crippen LogP contribution in [0.3, 0.4) is 0 Å². The second kappa shape index (κ2) is 5.67. The summed E-state index contributed by atoms with van der Waals surface area (Å²) in [6, 6.07) is 7.18. The minimum atomic E-state index is -0.537. The van der Waals surface area contributed by atoms with Gasteiger partial charge in [-0.2, -0.15) is 5.26 Å². The minimum Gasteiger partial charge on any atom is -0.293 e. The van der Waals surface area contributed by atoms with E-state index in [0.29, 0.717) is 17.0 Å². The smallest absolute Gasteiger partial charge is 0.180 e. The van der Waals surface area contributed by atoms with Gasteiger partial charge in [-0.1, -0.05) is 24.9 Å². The van der Waals surface area contributed by atoms with Gasteiger partial charge >= 0.3 is 0 Å². The van der Waals surface area contributed by atoms with Gasteiger partial charge in [0.05, 0.1) is 6.07 Å². The second-order valence-electron chi connectivity index (χ2n) is 3.79. The molecular formula is C13H14ClNO. The first kappa shape index (κ1) is 12.7. The summed E-state index contributed by atoms with van der Waals surface area (Å²) in [4.78, 5) is 12.0. The van der Waals surface area contributed by atoms with Crippen LogP contribution in [-0.2, 0) is 0 Å². The van der Waals surface area contributed by atoms with Gasteiger partial charge in [-0.05, 0) is 37.1 Å². The predicted molar refractivity (Wildman–Crippen MR) is 64.5 cm³/mol. The maximum absolute atomic E-state index is 12.0. The Bertz CT molecular complexity index is 434. The lowest BCUT2D eigenvalue weighted by molar-refractivity contribution is 0.0943. The van der Waals surface area contributed by atoms with E-state index in [0.717, 1.165) is 12.0 Å². The van der Waals surface area contributed by atoms with Crippen molar-refractivity contribution in [1.82, 2.24) is 0 Å². The number of nitriles is 1. The van der Waals surface area contributed by atoms with Crippen LogP contribution < -0.4 is 0 Å². The standard InChI is InChI=1S/C13H14ClNO/c1-3-4-10(8-15)13(16)12-6-5-11(14)7-9(12)2/h5-7,10H,3-4H2,1-2H3. The molecular weight excluding hydrogens is 222 g/mol. The highest BCUT2D eigenvalue weighted by Gasteiger charge is 2.20. The van der Waals surface area contributed by atoms with E-state index in [1.165, 1.54) is 0 Å². The monoisotopic (exact) mass is 235 g/mol. The van der Waals surface area contributed by atoms with E-state index in [4.69, 9.17) is 16.9 Å². The number of carbonyl (C=O) groups is 1. The molecule has 0 saturated heterocycles. The minimum absolute atomic E-state index is 0.0986. The third kappa shape index (κ3) is 2.84. The van der Waals surface area contributed by atoms with Crippen molar-refractivity contribution in [3.05, 3.63) is 34.3 Å². The van der Waals surface area contributed by atoms with Crippen molar-refractivity contribution >= 4 is 17.4 Å². The Labute approximate surface area is 101 Å². The highest BCUT2D eigenvalue weighted by atomic mass is 35.5. The first-order valence-corrected chi connectivity index (χ1v) is 5.68. The summed E-state index contributed by atoms with van der Waals surface area (Å²) in [6.45, 7) is 3.80. The zero-order valence-corrected chi connectivity index (χ0v) is 10.2. The lowest BCUT2D eigenvalue weighted by Gasteiger charge is -2.09. The van der Waals surface area contributed by atoms with Gasteiger partial charge in [0.25, 0.3) is 0 Å². The van der Waals surface area contributed by atoms with Crippen LogP contribution in [0.1, 0.15) is 35.7 Å². The summed E-state index contributed by atoms with van der Waals surface area (Å²) in [5, 5.41) is 9.55. The molecule has 0 aliphatic rings. The summed E-state index contributed by atoms with van der Waals surface area (Å²) >= 11 is 5.82. The van der Waals surface area contributed by atoms with E-state index in [1.807, 2.05) is 13.8 Å². The van der Waals surface area contributed by atoms with Gasteiger partial charge < -0.3 is 0 Å². The number of ketones is 1. The van der Waals surface area contributed by atoms with Crippen molar-refractivity contribution < 1.29 is 4.79 Å². The molecule has 0 aromatic heterocycles. The molecule has 0 aliphatic carbocycles. The molecule has 0 saturated carbocycles. The van der Waals surface area contributed by atoms with Crippen LogP contribution in [-0.4, -0.2) is 5.78 Å². The largest absolute Gasteiger partial charge is 0.293 e. The van der Waals surface area contributed by atoms with Crippen LogP contribution in [0, 0.1) is 24.2 Å². The Morgan fingerprint density at radius 3 is 2.75 bits per heavy atom. The Morgan fingerprint density at radius 2 is 2.25 bits per heavy atom. The number of rotatable bonds is 4. The van der Waals surface area contributed by atoms with Gasteiger partial charge in [-0.25, -0.2) is 0 Å². The van der Waals surface area contributed by atoms with Gasteiger partial charge in [0.1, 0.15) is 5.92 Å². The zero-order chi connectivity index (χ0) is 12.1. The summed E-state index contributed by atoms with van der Waals surface area (Å²) in [6.07, 6.45) is 1.44. The lowest BCUT2D eigenvalue weighted by atomic mass is 9.92. The first-order chi connectivity index (χ1) is 7.60. The molecule has 1 aromatic carbocycles. The number of aryl methyl sites for hydroxylation is 1. The SMILES string of the molecule is CCCC(C#N)C(=O)c1ccc(Cl)cc1C. The topological polar surface area (TPSA) is 40.9 Å². The summed E-state index contributed by atoms with van der Waals surface area (Å²) in [7, 11) is 0. The molecule has 0 N–H and O–H groups in total. The highest BCUT2D eigenvalue weighted by Crippen LogP contribution is 2.20. The van der Waals surface area contributed by atoms with E-state index < -0.39 is 5.92 Å². The van der Waals surface area contributed by atoms with Gasteiger partial charge in [0.15, 0.2) is 5.78 Å². The Hall–Kier alpha value is -1.33. The molecule has 84 valence electrons. The summed E-state index contributed by atoms with van der Waals surface area (Å²) < 4.78 is 0. The van der Waals surface area contributed by atoms with Crippen LogP contribution >= 0.6 is 11.6 Å². The van der Waals surface area contributed by atoms with E-state index in [9.17, 15) is 4.79 Å². The van der Waals surface area contributed by atoms with Crippen LogP contribution in [0.4, 0.5) is 0 Å². The molecule has 1 atom stereocenters. The van der Waals surface area contributed by atoms with Crippen LogP contribution in [0.15, 0.2) is 18.2 Å². The molecule has 0 bridgehead atoms. The van der Waals surface area contributed by atoms with Crippen molar-refractivity contribution in [2.24, 2.45) is 5.92 Å². The van der Waals surface area contributed by atoms with E-state index in [1.54, 1.807) is 18.2 Å². The third-order valence-corrected chi connectivity index (χ3v) is 2.74. The fourth-order valence-corrected chi connectivity index (χ4v) is 1.86. The van der Waals surface area contributed by atoms with Crippen molar-refractivity contribution in [2.75, 3.05) is 0 Å². The predicted octanol–water partition coefficient (Wildman–Crippen LogP) is 3.77. The first-order valence-electron chi connectivity index (χ1n) is 5.30. The molecule has 0 heterocycles.